The average molecular weight is 275 g/mol. The largest absolute Gasteiger partial charge is 0.329 e. The summed E-state index contributed by atoms with van der Waals surface area (Å²) in [6.45, 7) is 7.46. The topological polar surface area (TPSA) is 32.5 Å². The van der Waals surface area contributed by atoms with Gasteiger partial charge < -0.3 is 10.6 Å². The van der Waals surface area contributed by atoms with E-state index in [9.17, 15) is 0 Å². The smallest absolute Gasteiger partial charge is 0.0476 e. The summed E-state index contributed by atoms with van der Waals surface area (Å²) >= 11 is 0. The van der Waals surface area contributed by atoms with Gasteiger partial charge in [-0.25, -0.2) is 0 Å². The number of rotatable bonds is 4. The average Bonchev–Trinajstić information content (AvgIpc) is 2.42. The van der Waals surface area contributed by atoms with Crippen LogP contribution in [-0.4, -0.2) is 49.6 Å². The molecule has 0 radical (unpaired) electrons. The van der Waals surface area contributed by atoms with Crippen LogP contribution in [0.15, 0.2) is 18.2 Å². The molecule has 2 rings (SSSR count). The highest BCUT2D eigenvalue weighted by atomic mass is 15.2. The molecule has 1 saturated heterocycles. The van der Waals surface area contributed by atoms with Gasteiger partial charge in [-0.2, -0.15) is 0 Å². The van der Waals surface area contributed by atoms with Gasteiger partial charge >= 0.3 is 0 Å². The normalized spacial score (nSPS) is 22.2. The van der Waals surface area contributed by atoms with E-state index in [1.54, 1.807) is 0 Å². The van der Waals surface area contributed by atoms with E-state index in [2.05, 4.69) is 55.9 Å². The van der Waals surface area contributed by atoms with E-state index < -0.39 is 0 Å². The number of hydrogen-bond donors (Lipinski definition) is 1. The lowest BCUT2D eigenvalue weighted by atomic mass is 9.93. The van der Waals surface area contributed by atoms with Gasteiger partial charge in [0.05, 0.1) is 0 Å². The third kappa shape index (κ3) is 3.22. The van der Waals surface area contributed by atoms with Crippen molar-refractivity contribution in [2.75, 3.05) is 33.7 Å². The Bertz CT molecular complexity index is 424. The van der Waals surface area contributed by atoms with Gasteiger partial charge in [-0.1, -0.05) is 18.2 Å². The van der Waals surface area contributed by atoms with Gasteiger partial charge in [-0.05, 0) is 64.0 Å². The number of nitrogens with zero attached hydrogens (tertiary/aromatic N) is 2. The van der Waals surface area contributed by atoms with E-state index >= 15 is 0 Å². The minimum Gasteiger partial charge on any atom is -0.329 e. The van der Waals surface area contributed by atoms with E-state index in [1.165, 1.54) is 36.1 Å². The molecule has 0 amide bonds. The Balaban J connectivity index is 2.23. The van der Waals surface area contributed by atoms with Crippen LogP contribution >= 0.6 is 0 Å². The van der Waals surface area contributed by atoms with E-state index in [1.807, 2.05) is 0 Å². The third-order valence-electron chi connectivity index (χ3n) is 4.77. The molecule has 0 saturated carbocycles. The summed E-state index contributed by atoms with van der Waals surface area (Å²) in [4.78, 5) is 4.94. The van der Waals surface area contributed by atoms with Crippen LogP contribution in [0.3, 0.4) is 0 Å². The fourth-order valence-electron chi connectivity index (χ4n) is 3.57. The molecule has 112 valence electrons. The molecule has 1 aromatic carbocycles. The SMILES string of the molecule is Cc1cccc(C)c1C(CN)N(C)C1CCCN(C)C1. The minimum absolute atomic E-state index is 0.327. The molecule has 2 N–H and O–H groups in total. The lowest BCUT2D eigenvalue weighted by Gasteiger charge is -2.40. The van der Waals surface area contributed by atoms with E-state index in [4.69, 9.17) is 5.73 Å². The molecule has 1 fully saturated rings. The van der Waals surface area contributed by atoms with Crippen LogP contribution in [-0.2, 0) is 0 Å². The van der Waals surface area contributed by atoms with E-state index in [0.717, 1.165) is 6.54 Å². The number of likely N-dealkylation sites (N-methyl/N-ethyl adjacent to an activating group) is 2. The first kappa shape index (κ1) is 15.5. The van der Waals surface area contributed by atoms with Crippen molar-refractivity contribution in [3.63, 3.8) is 0 Å². The Labute approximate surface area is 123 Å². The molecular weight excluding hydrogens is 246 g/mol. The zero-order valence-electron chi connectivity index (χ0n) is 13.4. The number of benzene rings is 1. The molecule has 2 atom stereocenters. The molecule has 20 heavy (non-hydrogen) atoms. The van der Waals surface area contributed by atoms with E-state index in [-0.39, 0.29) is 0 Å². The van der Waals surface area contributed by atoms with Crippen molar-refractivity contribution in [3.05, 3.63) is 34.9 Å². The van der Waals surface area contributed by atoms with Crippen molar-refractivity contribution in [2.45, 2.75) is 38.8 Å². The van der Waals surface area contributed by atoms with Gasteiger partial charge in [0, 0.05) is 25.2 Å². The van der Waals surface area contributed by atoms with Gasteiger partial charge in [0.25, 0.3) is 0 Å². The monoisotopic (exact) mass is 275 g/mol. The van der Waals surface area contributed by atoms with Crippen LogP contribution in [0.2, 0.25) is 0 Å². The molecule has 2 unspecified atom stereocenters. The Hall–Kier alpha value is -0.900. The molecule has 3 heteroatoms. The number of aryl methyl sites for hydroxylation is 2. The molecule has 0 aliphatic carbocycles. The van der Waals surface area contributed by atoms with Gasteiger partial charge in [0.1, 0.15) is 0 Å². The lowest BCUT2D eigenvalue weighted by molar-refractivity contribution is 0.101. The minimum atomic E-state index is 0.327. The fraction of sp³-hybridized carbons (Fsp3) is 0.647. The summed E-state index contributed by atoms with van der Waals surface area (Å²) < 4.78 is 0. The predicted molar refractivity (Wildman–Crippen MR) is 86.0 cm³/mol. The lowest BCUT2D eigenvalue weighted by Crippen LogP contribution is -2.47. The highest BCUT2D eigenvalue weighted by Gasteiger charge is 2.28. The van der Waals surface area contributed by atoms with Crippen LogP contribution in [0, 0.1) is 13.8 Å². The first-order chi connectivity index (χ1) is 9.54. The van der Waals surface area contributed by atoms with Gasteiger partial charge in [0.2, 0.25) is 0 Å². The Kier molecular flexibility index (Phi) is 5.19. The quantitative estimate of drug-likeness (QED) is 0.915. The number of piperidine rings is 1. The van der Waals surface area contributed by atoms with Crippen molar-refractivity contribution in [1.82, 2.24) is 9.80 Å². The molecule has 1 aliphatic rings. The van der Waals surface area contributed by atoms with Crippen LogP contribution < -0.4 is 5.73 Å². The third-order valence-corrected chi connectivity index (χ3v) is 4.77. The summed E-state index contributed by atoms with van der Waals surface area (Å²) in [5.41, 5.74) is 10.3. The second kappa shape index (κ2) is 6.70. The standard InChI is InChI=1S/C17H29N3/c1-13-7-5-8-14(2)17(13)16(11-18)20(4)15-9-6-10-19(3)12-15/h5,7-8,15-16H,6,9-12,18H2,1-4H3. The second-order valence-corrected chi connectivity index (χ2v) is 6.28. The van der Waals surface area contributed by atoms with Gasteiger partial charge in [-0.3, -0.25) is 4.90 Å². The summed E-state index contributed by atoms with van der Waals surface area (Å²) in [6, 6.07) is 7.47. The molecule has 0 aromatic heterocycles. The molecular formula is C17H29N3. The van der Waals surface area contributed by atoms with Crippen molar-refractivity contribution in [1.29, 1.82) is 0 Å². The molecule has 1 aliphatic heterocycles. The second-order valence-electron chi connectivity index (χ2n) is 6.28. The fourth-order valence-corrected chi connectivity index (χ4v) is 3.57. The highest BCUT2D eigenvalue weighted by Crippen LogP contribution is 2.29. The number of hydrogen-bond acceptors (Lipinski definition) is 3. The maximum atomic E-state index is 6.13. The van der Waals surface area contributed by atoms with Crippen LogP contribution in [0.25, 0.3) is 0 Å². The maximum absolute atomic E-state index is 6.13. The molecule has 1 heterocycles. The molecule has 1 aromatic rings. The molecule has 3 nitrogen and oxygen atoms in total. The van der Waals surface area contributed by atoms with Crippen LogP contribution in [0.5, 0.6) is 0 Å². The maximum Gasteiger partial charge on any atom is 0.0476 e. The predicted octanol–water partition coefficient (Wildman–Crippen LogP) is 2.33. The zero-order chi connectivity index (χ0) is 14.7. The summed E-state index contributed by atoms with van der Waals surface area (Å²) in [5.74, 6) is 0. The number of likely N-dealkylation sites (tertiary alicyclic amines) is 1. The van der Waals surface area contributed by atoms with Crippen LogP contribution in [0.4, 0.5) is 0 Å². The van der Waals surface area contributed by atoms with Gasteiger partial charge in [0.15, 0.2) is 0 Å². The van der Waals surface area contributed by atoms with Gasteiger partial charge in [-0.15, -0.1) is 0 Å². The van der Waals surface area contributed by atoms with E-state index in [0.29, 0.717) is 18.6 Å². The summed E-state index contributed by atoms with van der Waals surface area (Å²) in [6.07, 6.45) is 2.57. The van der Waals surface area contributed by atoms with Crippen molar-refractivity contribution in [2.24, 2.45) is 5.73 Å². The summed E-state index contributed by atoms with van der Waals surface area (Å²) in [7, 11) is 4.46. The Morgan fingerprint density at radius 2 is 2.00 bits per heavy atom. The summed E-state index contributed by atoms with van der Waals surface area (Å²) in [5, 5.41) is 0. The van der Waals surface area contributed by atoms with Crippen LogP contribution in [0.1, 0.15) is 35.6 Å². The number of nitrogens with two attached hydrogens (primary N) is 1. The molecule has 0 spiro atoms. The van der Waals surface area contributed by atoms with Crippen molar-refractivity contribution in [3.8, 4) is 0 Å². The first-order valence-corrected chi connectivity index (χ1v) is 7.71. The van der Waals surface area contributed by atoms with Crippen molar-refractivity contribution >= 4 is 0 Å². The molecule has 0 bridgehead atoms. The highest BCUT2D eigenvalue weighted by molar-refractivity contribution is 5.36. The zero-order valence-corrected chi connectivity index (χ0v) is 13.4. The van der Waals surface area contributed by atoms with Crippen molar-refractivity contribution < 1.29 is 0 Å². The Morgan fingerprint density at radius 3 is 2.55 bits per heavy atom. The first-order valence-electron chi connectivity index (χ1n) is 7.71. The Morgan fingerprint density at radius 1 is 1.35 bits per heavy atom.